The van der Waals surface area contributed by atoms with E-state index in [2.05, 4.69) is 10.3 Å². The summed E-state index contributed by atoms with van der Waals surface area (Å²) < 4.78 is 0. The summed E-state index contributed by atoms with van der Waals surface area (Å²) in [6.45, 7) is 1.60. The van der Waals surface area contributed by atoms with Gasteiger partial charge in [0.05, 0.1) is 10.6 Å². The summed E-state index contributed by atoms with van der Waals surface area (Å²) in [7, 11) is 0. The third kappa shape index (κ3) is 2.92. The zero-order valence-corrected chi connectivity index (χ0v) is 10.2. The lowest BCUT2D eigenvalue weighted by Gasteiger charge is -2.05. The highest BCUT2D eigenvalue weighted by Gasteiger charge is 2.13. The van der Waals surface area contributed by atoms with E-state index in [0.717, 1.165) is 0 Å². The van der Waals surface area contributed by atoms with E-state index in [1.165, 1.54) is 18.2 Å². The summed E-state index contributed by atoms with van der Waals surface area (Å²) in [5.74, 6) is -0.302. The molecule has 0 saturated heterocycles. The van der Waals surface area contributed by atoms with E-state index in [1.807, 2.05) is 0 Å². The molecule has 0 aliphatic heterocycles. The van der Waals surface area contributed by atoms with Crippen molar-refractivity contribution in [1.29, 1.82) is 0 Å². The Morgan fingerprint density at radius 1 is 1.26 bits per heavy atom. The van der Waals surface area contributed by atoms with E-state index < -0.39 is 4.92 Å². The number of hydrogen-bond acceptors (Lipinski definition) is 3. The molecule has 2 aromatic rings. The molecule has 6 heteroatoms. The van der Waals surface area contributed by atoms with Crippen molar-refractivity contribution in [3.05, 3.63) is 64.0 Å². The van der Waals surface area contributed by atoms with Gasteiger partial charge in [-0.25, -0.2) is 4.98 Å². The average Bonchev–Trinajstić information content (AvgIpc) is 2.39. The largest absolute Gasteiger partial charge is 0.322 e. The second kappa shape index (κ2) is 5.26. The highest BCUT2D eigenvalue weighted by atomic mass is 16.6. The zero-order chi connectivity index (χ0) is 13.8. The second-order valence-corrected chi connectivity index (χ2v) is 4.00. The van der Waals surface area contributed by atoms with Crippen molar-refractivity contribution in [3.63, 3.8) is 0 Å². The molecule has 6 nitrogen and oxygen atoms in total. The number of rotatable bonds is 3. The van der Waals surface area contributed by atoms with Crippen molar-refractivity contribution in [2.75, 3.05) is 5.32 Å². The molecule has 1 heterocycles. The Morgan fingerprint density at radius 3 is 2.53 bits per heavy atom. The lowest BCUT2D eigenvalue weighted by atomic mass is 10.1. The predicted octanol–water partition coefficient (Wildman–Crippen LogP) is 1.97. The van der Waals surface area contributed by atoms with E-state index in [1.54, 1.807) is 31.5 Å². The number of carbonyl (C=O) groups excluding carboxylic acids is 1. The summed E-state index contributed by atoms with van der Waals surface area (Å²) in [4.78, 5) is 25.0. The van der Waals surface area contributed by atoms with Crippen LogP contribution in [-0.4, -0.2) is 10.8 Å². The average molecular weight is 258 g/mol. The van der Waals surface area contributed by atoms with Crippen LogP contribution < -0.4 is 10.3 Å². The van der Waals surface area contributed by atoms with Crippen molar-refractivity contribution < 1.29 is 14.7 Å². The molecule has 0 spiro atoms. The van der Waals surface area contributed by atoms with Crippen LogP contribution in [0.4, 0.5) is 11.4 Å². The first-order valence-corrected chi connectivity index (χ1v) is 5.60. The molecule has 1 aromatic heterocycles. The number of pyridine rings is 1. The van der Waals surface area contributed by atoms with E-state index in [-0.39, 0.29) is 11.6 Å². The van der Waals surface area contributed by atoms with Crippen LogP contribution in [0.25, 0.3) is 0 Å². The van der Waals surface area contributed by atoms with Gasteiger partial charge in [-0.1, -0.05) is 0 Å². The minimum absolute atomic E-state index is 0.00543. The number of nitrogens with zero attached hydrogens (tertiary/aromatic N) is 1. The van der Waals surface area contributed by atoms with Crippen LogP contribution in [0.5, 0.6) is 0 Å². The van der Waals surface area contributed by atoms with Gasteiger partial charge in [-0.2, -0.15) is 0 Å². The lowest BCUT2D eigenvalue weighted by molar-refractivity contribution is -0.385. The minimum Gasteiger partial charge on any atom is -0.322 e. The van der Waals surface area contributed by atoms with Crippen LogP contribution in [0.1, 0.15) is 15.9 Å². The second-order valence-electron chi connectivity index (χ2n) is 4.00. The maximum atomic E-state index is 12.0. The summed E-state index contributed by atoms with van der Waals surface area (Å²) in [6, 6.07) is 7.72. The number of aromatic nitrogens is 1. The quantitative estimate of drug-likeness (QED) is 0.674. The minimum atomic E-state index is -0.468. The zero-order valence-electron chi connectivity index (χ0n) is 10.2. The van der Waals surface area contributed by atoms with Crippen molar-refractivity contribution in [2.24, 2.45) is 0 Å². The number of benzene rings is 1. The fourth-order valence-corrected chi connectivity index (χ4v) is 1.68. The van der Waals surface area contributed by atoms with Crippen LogP contribution in [0.3, 0.4) is 0 Å². The van der Waals surface area contributed by atoms with E-state index in [0.29, 0.717) is 16.8 Å². The van der Waals surface area contributed by atoms with Gasteiger partial charge in [-0.15, -0.1) is 0 Å². The summed E-state index contributed by atoms with van der Waals surface area (Å²) in [5.41, 5.74) is 1.50. The molecule has 19 heavy (non-hydrogen) atoms. The van der Waals surface area contributed by atoms with Gasteiger partial charge in [-0.3, -0.25) is 14.9 Å². The molecule has 0 aliphatic carbocycles. The first-order chi connectivity index (χ1) is 9.08. The standard InChI is InChI=1S/C13H11N3O3/c1-9-8-10(2-3-12(9)16(18)19)13(17)15-11-4-6-14-7-5-11/h2-8H,1H3,(H,14,15,17)/p+1. The third-order valence-corrected chi connectivity index (χ3v) is 2.63. The molecular formula is C13H12N3O3+. The molecule has 0 fully saturated rings. The fourth-order valence-electron chi connectivity index (χ4n) is 1.68. The Morgan fingerprint density at radius 2 is 1.95 bits per heavy atom. The number of amides is 1. The molecule has 1 amide bonds. The van der Waals surface area contributed by atoms with E-state index in [9.17, 15) is 14.9 Å². The molecule has 0 bridgehead atoms. The van der Waals surface area contributed by atoms with E-state index >= 15 is 0 Å². The van der Waals surface area contributed by atoms with Gasteiger partial charge < -0.3 is 5.32 Å². The maximum absolute atomic E-state index is 12.0. The number of nitrogens with one attached hydrogen (secondary N) is 2. The number of carbonyl (C=O) groups is 1. The van der Waals surface area contributed by atoms with Crippen LogP contribution in [-0.2, 0) is 0 Å². The third-order valence-electron chi connectivity index (χ3n) is 2.63. The monoisotopic (exact) mass is 258 g/mol. The van der Waals surface area contributed by atoms with E-state index in [4.69, 9.17) is 0 Å². The molecular weight excluding hydrogens is 246 g/mol. The van der Waals surface area contributed by atoms with Crippen LogP contribution >= 0.6 is 0 Å². The van der Waals surface area contributed by atoms with Gasteiger partial charge in [0.15, 0.2) is 12.4 Å². The SMILES string of the molecule is Cc1cc(C(=O)Nc2cc[nH+]cc2)ccc1[N+](=O)[O-]. The van der Waals surface area contributed by atoms with Gasteiger partial charge in [0.25, 0.3) is 11.6 Å². The number of anilines is 1. The fraction of sp³-hybridized carbons (Fsp3) is 0.0769. The molecule has 0 unspecified atom stereocenters. The highest BCUT2D eigenvalue weighted by Crippen LogP contribution is 2.19. The Kier molecular flexibility index (Phi) is 3.51. The smallest absolute Gasteiger partial charge is 0.272 e. The summed E-state index contributed by atoms with van der Waals surface area (Å²) in [5, 5.41) is 13.4. The molecule has 0 aliphatic rings. The molecule has 0 saturated carbocycles. The van der Waals surface area contributed by atoms with Gasteiger partial charge in [-0.05, 0) is 19.1 Å². The molecule has 2 rings (SSSR count). The van der Waals surface area contributed by atoms with Crippen molar-refractivity contribution >= 4 is 17.3 Å². The van der Waals surface area contributed by atoms with Crippen molar-refractivity contribution in [1.82, 2.24) is 0 Å². The van der Waals surface area contributed by atoms with Gasteiger partial charge in [0, 0.05) is 29.3 Å². The Bertz CT molecular complexity index is 626. The van der Waals surface area contributed by atoms with Crippen LogP contribution in [0.15, 0.2) is 42.7 Å². The number of aryl methyl sites for hydroxylation is 1. The topological polar surface area (TPSA) is 86.4 Å². The molecule has 2 N–H and O–H groups in total. The number of H-pyrrole nitrogens is 1. The van der Waals surface area contributed by atoms with Crippen LogP contribution in [0.2, 0.25) is 0 Å². The number of hydrogen-bond donors (Lipinski definition) is 1. The summed E-state index contributed by atoms with van der Waals surface area (Å²) >= 11 is 0. The first kappa shape index (κ1) is 12.7. The number of aromatic amines is 1. The lowest BCUT2D eigenvalue weighted by Crippen LogP contribution is -2.13. The highest BCUT2D eigenvalue weighted by molar-refractivity contribution is 6.04. The maximum Gasteiger partial charge on any atom is 0.272 e. The predicted molar refractivity (Wildman–Crippen MR) is 68.8 cm³/mol. The number of nitro benzene ring substituents is 1. The van der Waals surface area contributed by atoms with Crippen LogP contribution in [0, 0.1) is 17.0 Å². The Labute approximate surface area is 109 Å². The number of nitro groups is 1. The Hall–Kier alpha value is -2.76. The molecule has 0 radical (unpaired) electrons. The molecule has 0 atom stereocenters. The molecule has 96 valence electrons. The molecule has 1 aromatic carbocycles. The normalized spacial score (nSPS) is 9.95. The van der Waals surface area contributed by atoms with Crippen molar-refractivity contribution in [3.8, 4) is 0 Å². The van der Waals surface area contributed by atoms with Crippen molar-refractivity contribution in [2.45, 2.75) is 6.92 Å². The first-order valence-electron chi connectivity index (χ1n) is 5.60. The van der Waals surface area contributed by atoms with Gasteiger partial charge >= 0.3 is 0 Å². The van der Waals surface area contributed by atoms with Gasteiger partial charge in [0.1, 0.15) is 0 Å². The Balaban J connectivity index is 2.21. The van der Waals surface area contributed by atoms with Gasteiger partial charge in [0.2, 0.25) is 0 Å². The summed E-state index contributed by atoms with van der Waals surface area (Å²) in [6.07, 6.45) is 3.38.